The third-order valence-electron chi connectivity index (χ3n) is 5.97. The fourth-order valence-corrected chi connectivity index (χ4v) is 4.83. The van der Waals surface area contributed by atoms with Crippen molar-refractivity contribution in [2.24, 2.45) is 5.92 Å². The van der Waals surface area contributed by atoms with Crippen molar-refractivity contribution < 1.29 is 19.2 Å². The van der Waals surface area contributed by atoms with Crippen molar-refractivity contribution in [1.29, 1.82) is 0 Å². The zero-order chi connectivity index (χ0) is 20.6. The van der Waals surface area contributed by atoms with Crippen LogP contribution in [-0.4, -0.2) is 59.4 Å². The van der Waals surface area contributed by atoms with Gasteiger partial charge < -0.3 is 9.80 Å². The summed E-state index contributed by atoms with van der Waals surface area (Å²) in [5.41, 5.74) is 0. The minimum Gasteiger partial charge on any atom is -0.339 e. The SMILES string of the molecule is O=C(CCC(=O)c1cccs1)CCC(=O)N1CCN(C(=O)CC2CCCC2)CC1. The molecular weight excluding hydrogens is 388 g/mol. The minimum atomic E-state index is -0.0476. The first-order valence-electron chi connectivity index (χ1n) is 10.7. The molecule has 1 saturated heterocycles. The first kappa shape index (κ1) is 21.7. The molecule has 29 heavy (non-hydrogen) atoms. The van der Waals surface area contributed by atoms with Gasteiger partial charge in [0.15, 0.2) is 5.78 Å². The van der Waals surface area contributed by atoms with Gasteiger partial charge in [0.2, 0.25) is 11.8 Å². The van der Waals surface area contributed by atoms with Crippen LogP contribution in [-0.2, 0) is 14.4 Å². The molecule has 0 spiro atoms. The van der Waals surface area contributed by atoms with Crippen molar-refractivity contribution in [3.05, 3.63) is 22.4 Å². The molecule has 0 radical (unpaired) electrons. The first-order valence-corrected chi connectivity index (χ1v) is 11.5. The standard InChI is InChI=1S/C22H30N2O4S/c25-18(7-9-19(26)20-6-3-15-29-20)8-10-21(27)23-11-13-24(14-12-23)22(28)16-17-4-1-2-5-17/h3,6,15,17H,1-2,4-5,7-14,16H2. The van der Waals surface area contributed by atoms with Crippen molar-refractivity contribution >= 4 is 34.7 Å². The highest BCUT2D eigenvalue weighted by Gasteiger charge is 2.26. The molecule has 6 nitrogen and oxygen atoms in total. The van der Waals surface area contributed by atoms with Gasteiger partial charge in [0.05, 0.1) is 4.88 Å². The number of rotatable bonds is 9. The molecule has 2 heterocycles. The van der Waals surface area contributed by atoms with Crippen LogP contribution < -0.4 is 0 Å². The first-order chi connectivity index (χ1) is 14.0. The van der Waals surface area contributed by atoms with Gasteiger partial charge >= 0.3 is 0 Å². The van der Waals surface area contributed by atoms with Gasteiger partial charge in [-0.3, -0.25) is 19.2 Å². The number of nitrogens with zero attached hydrogens (tertiary/aromatic N) is 2. The summed E-state index contributed by atoms with van der Waals surface area (Å²) < 4.78 is 0. The fraction of sp³-hybridized carbons (Fsp3) is 0.636. The quantitative estimate of drug-likeness (QED) is 0.577. The molecule has 2 fully saturated rings. The van der Waals surface area contributed by atoms with E-state index in [1.807, 2.05) is 16.3 Å². The zero-order valence-corrected chi connectivity index (χ0v) is 17.8. The van der Waals surface area contributed by atoms with Crippen LogP contribution in [0.3, 0.4) is 0 Å². The summed E-state index contributed by atoms with van der Waals surface area (Å²) in [5.74, 6) is 0.659. The molecule has 1 saturated carbocycles. The lowest BCUT2D eigenvalue weighted by Crippen LogP contribution is -2.50. The van der Waals surface area contributed by atoms with E-state index < -0.39 is 0 Å². The van der Waals surface area contributed by atoms with Gasteiger partial charge in [0, 0.05) is 58.3 Å². The van der Waals surface area contributed by atoms with Crippen molar-refractivity contribution in [1.82, 2.24) is 9.80 Å². The van der Waals surface area contributed by atoms with E-state index in [9.17, 15) is 19.2 Å². The number of piperazine rings is 1. The van der Waals surface area contributed by atoms with Crippen molar-refractivity contribution in [3.8, 4) is 0 Å². The van der Waals surface area contributed by atoms with Crippen LogP contribution in [0.25, 0.3) is 0 Å². The van der Waals surface area contributed by atoms with Gasteiger partial charge in [0.1, 0.15) is 5.78 Å². The number of carbonyl (C=O) groups excluding carboxylic acids is 4. The van der Waals surface area contributed by atoms with Gasteiger partial charge in [-0.15, -0.1) is 11.3 Å². The third-order valence-corrected chi connectivity index (χ3v) is 6.88. The molecular formula is C22H30N2O4S. The molecule has 1 aromatic heterocycles. The Kier molecular flexibility index (Phi) is 7.98. The highest BCUT2D eigenvalue weighted by molar-refractivity contribution is 7.12. The van der Waals surface area contributed by atoms with Gasteiger partial charge in [-0.25, -0.2) is 0 Å². The van der Waals surface area contributed by atoms with Crippen LogP contribution in [0.15, 0.2) is 17.5 Å². The summed E-state index contributed by atoms with van der Waals surface area (Å²) in [7, 11) is 0. The third kappa shape index (κ3) is 6.49. The largest absolute Gasteiger partial charge is 0.339 e. The van der Waals surface area contributed by atoms with E-state index in [1.165, 1.54) is 24.2 Å². The van der Waals surface area contributed by atoms with Crippen LogP contribution in [0.5, 0.6) is 0 Å². The number of carbonyl (C=O) groups is 4. The summed E-state index contributed by atoms with van der Waals surface area (Å²) in [6.07, 6.45) is 6.20. The average molecular weight is 419 g/mol. The smallest absolute Gasteiger partial charge is 0.223 e. The van der Waals surface area contributed by atoms with E-state index in [2.05, 4.69) is 0 Å². The number of ketones is 2. The van der Waals surface area contributed by atoms with Crippen LogP contribution in [0, 0.1) is 5.92 Å². The highest BCUT2D eigenvalue weighted by atomic mass is 32.1. The average Bonchev–Trinajstić information content (AvgIpc) is 3.44. The molecule has 7 heteroatoms. The zero-order valence-electron chi connectivity index (χ0n) is 16.9. The number of thiophene rings is 1. The van der Waals surface area contributed by atoms with E-state index in [0.29, 0.717) is 43.4 Å². The number of amides is 2. The molecule has 2 amide bonds. The topological polar surface area (TPSA) is 74.8 Å². The van der Waals surface area contributed by atoms with Gasteiger partial charge in [-0.1, -0.05) is 18.9 Å². The van der Waals surface area contributed by atoms with E-state index in [0.717, 1.165) is 12.8 Å². The second kappa shape index (κ2) is 10.7. The van der Waals surface area contributed by atoms with Crippen molar-refractivity contribution in [2.45, 2.75) is 57.8 Å². The Labute approximate surface area is 176 Å². The Balaban J connectivity index is 1.31. The van der Waals surface area contributed by atoms with Gasteiger partial charge in [0.25, 0.3) is 0 Å². The summed E-state index contributed by atoms with van der Waals surface area (Å²) >= 11 is 1.38. The lowest BCUT2D eigenvalue weighted by Gasteiger charge is -2.35. The molecule has 0 aromatic carbocycles. The maximum absolute atomic E-state index is 12.4. The Hall–Kier alpha value is -2.02. The summed E-state index contributed by atoms with van der Waals surface area (Å²) in [4.78, 5) is 53.1. The predicted molar refractivity (Wildman–Crippen MR) is 112 cm³/mol. The minimum absolute atomic E-state index is 0.0157. The van der Waals surface area contributed by atoms with Crippen molar-refractivity contribution in [3.63, 3.8) is 0 Å². The summed E-state index contributed by atoms with van der Waals surface area (Å²) in [6.45, 7) is 2.25. The molecule has 0 unspecified atom stereocenters. The Morgan fingerprint density at radius 2 is 1.48 bits per heavy atom. The molecule has 0 atom stereocenters. The fourth-order valence-electron chi connectivity index (χ4n) is 4.14. The Bertz CT molecular complexity index is 717. The normalized spacial score (nSPS) is 17.5. The second-order valence-corrected chi connectivity index (χ2v) is 9.00. The van der Waals surface area contributed by atoms with E-state index in [4.69, 9.17) is 0 Å². The van der Waals surface area contributed by atoms with E-state index in [1.54, 1.807) is 11.0 Å². The number of hydrogen-bond donors (Lipinski definition) is 0. The van der Waals surface area contributed by atoms with Crippen LogP contribution in [0.4, 0.5) is 0 Å². The van der Waals surface area contributed by atoms with Gasteiger partial charge in [-0.2, -0.15) is 0 Å². The summed E-state index contributed by atoms with van der Waals surface area (Å²) in [5, 5.41) is 1.84. The lowest BCUT2D eigenvalue weighted by molar-refractivity contribution is -0.140. The second-order valence-electron chi connectivity index (χ2n) is 8.06. The molecule has 2 aliphatic rings. The monoisotopic (exact) mass is 418 g/mol. The van der Waals surface area contributed by atoms with Crippen LogP contribution in [0.1, 0.15) is 67.5 Å². The number of Topliss-reactive ketones (excluding diaryl/α,β-unsaturated/α-hetero) is 2. The summed E-state index contributed by atoms with van der Waals surface area (Å²) in [6, 6.07) is 3.58. The maximum Gasteiger partial charge on any atom is 0.223 e. The van der Waals surface area contributed by atoms with E-state index >= 15 is 0 Å². The molecule has 1 aromatic rings. The van der Waals surface area contributed by atoms with Crippen molar-refractivity contribution in [2.75, 3.05) is 26.2 Å². The number of hydrogen-bond acceptors (Lipinski definition) is 5. The molecule has 1 aliphatic heterocycles. The molecule has 3 rings (SSSR count). The predicted octanol–water partition coefficient (Wildman–Crippen LogP) is 3.31. The lowest BCUT2D eigenvalue weighted by atomic mass is 10.0. The Morgan fingerprint density at radius 1 is 0.862 bits per heavy atom. The van der Waals surface area contributed by atoms with Crippen LogP contribution >= 0.6 is 11.3 Å². The highest BCUT2D eigenvalue weighted by Crippen LogP contribution is 2.28. The van der Waals surface area contributed by atoms with E-state index in [-0.39, 0.29) is 49.1 Å². The molecule has 1 aliphatic carbocycles. The van der Waals surface area contributed by atoms with Crippen LogP contribution in [0.2, 0.25) is 0 Å². The Morgan fingerprint density at radius 3 is 2.10 bits per heavy atom. The molecule has 158 valence electrons. The molecule has 0 bridgehead atoms. The van der Waals surface area contributed by atoms with Gasteiger partial charge in [-0.05, 0) is 30.2 Å². The molecule has 0 N–H and O–H groups in total. The maximum atomic E-state index is 12.4.